The standard InChI is InChI=1S/C24H35NO6/c1-17-19-10-9-18(8-6-11-24(2)21(31-24)20(19)30-22(17)26)16-29-23(27)28-15-7-14-25-12-4-3-5-13-25/h8,19-21H,1,3-7,9-16H2,2H3/b18-8+/t19-,20-,21-,24+/m0/s1. The zero-order valence-corrected chi connectivity index (χ0v) is 18.6. The molecule has 0 amide bonds. The second-order valence-corrected chi connectivity index (χ2v) is 9.44. The van der Waals surface area contributed by atoms with Crippen molar-refractivity contribution in [2.24, 2.45) is 5.92 Å². The van der Waals surface area contributed by atoms with Crippen LogP contribution in [0.4, 0.5) is 4.79 Å². The second-order valence-electron chi connectivity index (χ2n) is 9.44. The monoisotopic (exact) mass is 433 g/mol. The largest absolute Gasteiger partial charge is 0.508 e. The Morgan fingerprint density at radius 3 is 2.90 bits per heavy atom. The lowest BCUT2D eigenvalue weighted by Crippen LogP contribution is -2.31. The fraction of sp³-hybridized carbons (Fsp3) is 0.750. The summed E-state index contributed by atoms with van der Waals surface area (Å²) in [6.07, 6.45) is 9.02. The van der Waals surface area contributed by atoms with Crippen molar-refractivity contribution in [2.45, 2.75) is 76.1 Å². The Hall–Kier alpha value is -1.86. The number of fused-ring (bicyclic) bond motifs is 3. The lowest BCUT2D eigenvalue weighted by atomic mass is 9.84. The van der Waals surface area contributed by atoms with Crippen LogP contribution in [0, 0.1) is 5.92 Å². The summed E-state index contributed by atoms with van der Waals surface area (Å²) in [4.78, 5) is 26.5. The molecule has 4 rings (SSSR count). The molecule has 0 saturated carbocycles. The number of rotatable bonds is 6. The molecule has 4 atom stereocenters. The van der Waals surface area contributed by atoms with Crippen molar-refractivity contribution in [3.8, 4) is 0 Å². The molecule has 3 aliphatic heterocycles. The lowest BCUT2D eigenvalue weighted by molar-refractivity contribution is -0.140. The Labute approximate surface area is 184 Å². The summed E-state index contributed by atoms with van der Waals surface area (Å²) in [5.41, 5.74) is 1.30. The van der Waals surface area contributed by atoms with Gasteiger partial charge in [0.1, 0.15) is 18.8 Å². The van der Waals surface area contributed by atoms with Crippen molar-refractivity contribution in [1.82, 2.24) is 4.90 Å². The number of nitrogens with zero attached hydrogens (tertiary/aromatic N) is 1. The van der Waals surface area contributed by atoms with E-state index in [0.29, 0.717) is 12.2 Å². The average molecular weight is 434 g/mol. The molecule has 3 fully saturated rings. The number of esters is 1. The summed E-state index contributed by atoms with van der Waals surface area (Å²) in [6.45, 7) is 9.86. The SMILES string of the molecule is C=C1C(=O)O[C@H]2[C@H]1CC/C(COC(=O)OCCCN1CCCCC1)=C\CC[C@@]1(C)O[C@@H]21. The number of ether oxygens (including phenoxy) is 4. The number of hydrogen-bond acceptors (Lipinski definition) is 7. The van der Waals surface area contributed by atoms with Gasteiger partial charge in [0, 0.05) is 18.0 Å². The minimum Gasteiger partial charge on any atom is -0.455 e. The van der Waals surface area contributed by atoms with E-state index in [2.05, 4.69) is 24.5 Å². The highest BCUT2D eigenvalue weighted by molar-refractivity contribution is 5.91. The van der Waals surface area contributed by atoms with Gasteiger partial charge in [-0.15, -0.1) is 0 Å². The fourth-order valence-electron chi connectivity index (χ4n) is 5.07. The first-order valence-electron chi connectivity index (χ1n) is 11.7. The molecule has 0 spiro atoms. The molecule has 0 bridgehead atoms. The maximum absolute atomic E-state index is 12.0. The summed E-state index contributed by atoms with van der Waals surface area (Å²) >= 11 is 0. The second kappa shape index (κ2) is 9.74. The van der Waals surface area contributed by atoms with Crippen LogP contribution in [0.2, 0.25) is 0 Å². The highest BCUT2D eigenvalue weighted by Gasteiger charge is 2.61. The third kappa shape index (κ3) is 5.50. The molecule has 1 aliphatic carbocycles. The first-order valence-corrected chi connectivity index (χ1v) is 11.7. The van der Waals surface area contributed by atoms with E-state index in [0.717, 1.165) is 57.3 Å². The van der Waals surface area contributed by atoms with Crippen LogP contribution in [0.3, 0.4) is 0 Å². The Morgan fingerprint density at radius 2 is 2.10 bits per heavy atom. The third-order valence-electron chi connectivity index (χ3n) is 7.10. The maximum Gasteiger partial charge on any atom is 0.508 e. The van der Waals surface area contributed by atoms with Gasteiger partial charge >= 0.3 is 12.1 Å². The predicted molar refractivity (Wildman–Crippen MR) is 115 cm³/mol. The molecule has 0 aromatic rings. The van der Waals surface area contributed by atoms with Gasteiger partial charge in [-0.1, -0.05) is 19.1 Å². The van der Waals surface area contributed by atoms with Crippen molar-refractivity contribution in [1.29, 1.82) is 0 Å². The number of carbonyl (C=O) groups is 2. The molecule has 31 heavy (non-hydrogen) atoms. The number of piperidine rings is 1. The Kier molecular flexibility index (Phi) is 7.02. The van der Waals surface area contributed by atoms with Gasteiger partial charge in [0.25, 0.3) is 0 Å². The van der Waals surface area contributed by atoms with Gasteiger partial charge in [-0.05, 0) is 70.5 Å². The molecule has 0 N–H and O–H groups in total. The minimum atomic E-state index is -0.615. The minimum absolute atomic E-state index is 0.0492. The van der Waals surface area contributed by atoms with Crippen molar-refractivity contribution >= 4 is 12.1 Å². The first kappa shape index (κ1) is 22.3. The zero-order valence-electron chi connectivity index (χ0n) is 18.6. The number of carbonyl (C=O) groups excluding carboxylic acids is 2. The zero-order chi connectivity index (χ0) is 21.8. The quantitative estimate of drug-likeness (QED) is 0.207. The fourth-order valence-corrected chi connectivity index (χ4v) is 5.07. The van der Waals surface area contributed by atoms with E-state index in [1.54, 1.807) is 0 Å². The number of hydrogen-bond donors (Lipinski definition) is 0. The number of allylic oxidation sites excluding steroid dienone is 1. The molecule has 3 heterocycles. The van der Waals surface area contributed by atoms with Crippen molar-refractivity contribution in [3.63, 3.8) is 0 Å². The summed E-state index contributed by atoms with van der Waals surface area (Å²) in [7, 11) is 0. The maximum atomic E-state index is 12.0. The van der Waals surface area contributed by atoms with Gasteiger partial charge in [0.2, 0.25) is 0 Å². The van der Waals surface area contributed by atoms with E-state index in [-0.39, 0.29) is 36.3 Å². The van der Waals surface area contributed by atoms with Crippen LogP contribution in [0.1, 0.15) is 58.3 Å². The Balaban J connectivity index is 1.22. The van der Waals surface area contributed by atoms with Crippen LogP contribution in [0.5, 0.6) is 0 Å². The smallest absolute Gasteiger partial charge is 0.455 e. The summed E-state index contributed by atoms with van der Waals surface area (Å²) in [6, 6.07) is 0. The van der Waals surface area contributed by atoms with Gasteiger partial charge in [0.15, 0.2) is 0 Å². The molecule has 0 unspecified atom stereocenters. The third-order valence-corrected chi connectivity index (χ3v) is 7.10. The van der Waals surface area contributed by atoms with Gasteiger partial charge in [-0.3, -0.25) is 0 Å². The first-order chi connectivity index (χ1) is 15.0. The molecule has 3 saturated heterocycles. The van der Waals surface area contributed by atoms with E-state index in [9.17, 15) is 9.59 Å². The van der Waals surface area contributed by atoms with E-state index >= 15 is 0 Å². The molecular formula is C24H35NO6. The van der Waals surface area contributed by atoms with Gasteiger partial charge in [-0.25, -0.2) is 9.59 Å². The van der Waals surface area contributed by atoms with Gasteiger partial charge < -0.3 is 23.8 Å². The van der Waals surface area contributed by atoms with Crippen LogP contribution < -0.4 is 0 Å². The highest BCUT2D eigenvalue weighted by atomic mass is 16.7. The van der Waals surface area contributed by atoms with E-state index in [1.165, 1.54) is 19.3 Å². The van der Waals surface area contributed by atoms with Crippen LogP contribution in [0.25, 0.3) is 0 Å². The molecule has 7 nitrogen and oxygen atoms in total. The van der Waals surface area contributed by atoms with E-state index in [4.69, 9.17) is 18.9 Å². The normalized spacial score (nSPS) is 35.3. The molecule has 4 aliphatic rings. The van der Waals surface area contributed by atoms with Gasteiger partial charge in [-0.2, -0.15) is 0 Å². The molecule has 172 valence electrons. The van der Waals surface area contributed by atoms with Crippen molar-refractivity contribution in [2.75, 3.05) is 32.8 Å². The Morgan fingerprint density at radius 1 is 1.29 bits per heavy atom. The summed E-state index contributed by atoms with van der Waals surface area (Å²) < 4.78 is 22.1. The predicted octanol–water partition coefficient (Wildman–Crippen LogP) is 3.77. The lowest BCUT2D eigenvalue weighted by Gasteiger charge is -2.26. The Bertz CT molecular complexity index is 728. The topological polar surface area (TPSA) is 77.6 Å². The van der Waals surface area contributed by atoms with Crippen molar-refractivity contribution in [3.05, 3.63) is 23.8 Å². The molecular weight excluding hydrogens is 398 g/mol. The highest BCUT2D eigenvalue weighted by Crippen LogP contribution is 2.49. The number of likely N-dealkylation sites (tertiary alicyclic amines) is 1. The van der Waals surface area contributed by atoms with E-state index < -0.39 is 6.16 Å². The van der Waals surface area contributed by atoms with Crippen molar-refractivity contribution < 1.29 is 28.5 Å². The summed E-state index contributed by atoms with van der Waals surface area (Å²) in [5.74, 6) is -0.371. The van der Waals surface area contributed by atoms with Crippen LogP contribution in [-0.4, -0.2) is 67.7 Å². The van der Waals surface area contributed by atoms with Crippen LogP contribution in [-0.2, 0) is 23.7 Å². The number of epoxide rings is 1. The van der Waals surface area contributed by atoms with Crippen LogP contribution in [0.15, 0.2) is 23.8 Å². The molecule has 0 radical (unpaired) electrons. The van der Waals surface area contributed by atoms with Crippen LogP contribution >= 0.6 is 0 Å². The molecule has 0 aromatic carbocycles. The van der Waals surface area contributed by atoms with E-state index in [1.807, 2.05) is 0 Å². The molecule has 0 aromatic heterocycles. The summed E-state index contributed by atoms with van der Waals surface area (Å²) in [5, 5.41) is 0. The van der Waals surface area contributed by atoms with Gasteiger partial charge in [0.05, 0.1) is 12.2 Å². The molecule has 7 heteroatoms. The average Bonchev–Trinajstić information content (AvgIpc) is 3.36.